The molecular formula is C11H15N5OS. The molecule has 0 unspecified atom stereocenters. The smallest absolute Gasteiger partial charge is 0.270 e. The molecule has 0 aromatic carbocycles. The molecule has 3 N–H and O–H groups in total. The van der Waals surface area contributed by atoms with Crippen molar-refractivity contribution < 1.29 is 4.79 Å². The number of nitrogens with two attached hydrogens (primary N) is 1. The van der Waals surface area contributed by atoms with Gasteiger partial charge in [-0.15, -0.1) is 11.3 Å². The van der Waals surface area contributed by atoms with Crippen molar-refractivity contribution >= 4 is 17.2 Å². The fourth-order valence-electron chi connectivity index (χ4n) is 1.55. The van der Waals surface area contributed by atoms with E-state index >= 15 is 0 Å². The van der Waals surface area contributed by atoms with Crippen molar-refractivity contribution in [3.05, 3.63) is 34.0 Å². The minimum Gasteiger partial charge on any atom is -0.350 e. The predicted octanol–water partition coefficient (Wildman–Crippen LogP) is 0.308. The van der Waals surface area contributed by atoms with E-state index in [1.165, 1.54) is 11.3 Å². The van der Waals surface area contributed by atoms with E-state index in [4.69, 9.17) is 5.73 Å². The van der Waals surface area contributed by atoms with Gasteiger partial charge in [-0.05, 0) is 6.07 Å². The van der Waals surface area contributed by atoms with Gasteiger partial charge in [0.25, 0.3) is 5.91 Å². The number of aryl methyl sites for hydroxylation is 1. The van der Waals surface area contributed by atoms with E-state index in [-0.39, 0.29) is 5.91 Å². The van der Waals surface area contributed by atoms with E-state index in [9.17, 15) is 4.79 Å². The molecule has 2 aromatic rings. The molecule has 6 nitrogen and oxygen atoms in total. The zero-order valence-electron chi connectivity index (χ0n) is 10.1. The maximum atomic E-state index is 11.8. The highest BCUT2D eigenvalue weighted by molar-refractivity contribution is 7.09. The maximum Gasteiger partial charge on any atom is 0.270 e. The number of carbonyl (C=O) groups is 1. The number of nitrogens with one attached hydrogen (secondary N) is 1. The van der Waals surface area contributed by atoms with Crippen LogP contribution in [0.15, 0.2) is 17.6 Å². The summed E-state index contributed by atoms with van der Waals surface area (Å²) in [6.45, 7) is 0.931. The molecule has 0 saturated carbocycles. The van der Waals surface area contributed by atoms with Gasteiger partial charge in [0.2, 0.25) is 0 Å². The Morgan fingerprint density at radius 2 is 2.44 bits per heavy atom. The zero-order valence-corrected chi connectivity index (χ0v) is 10.9. The molecule has 0 aliphatic rings. The number of carbonyl (C=O) groups excluding carboxylic acids is 1. The lowest BCUT2D eigenvalue weighted by atomic mass is 10.3. The minimum atomic E-state index is -0.159. The highest BCUT2D eigenvalue weighted by atomic mass is 32.1. The predicted molar refractivity (Wildman–Crippen MR) is 69.3 cm³/mol. The summed E-state index contributed by atoms with van der Waals surface area (Å²) in [4.78, 5) is 15.9. The maximum absolute atomic E-state index is 11.8. The van der Waals surface area contributed by atoms with Crippen LogP contribution in [0, 0.1) is 0 Å². The summed E-state index contributed by atoms with van der Waals surface area (Å²) in [5, 5.41) is 9.39. The third kappa shape index (κ3) is 2.93. The average molecular weight is 265 g/mol. The Hall–Kier alpha value is -1.73. The third-order valence-electron chi connectivity index (χ3n) is 2.55. The Balaban J connectivity index is 1.83. The second-order valence-electron chi connectivity index (χ2n) is 3.78. The van der Waals surface area contributed by atoms with Crippen LogP contribution >= 0.6 is 11.3 Å². The molecule has 0 saturated heterocycles. The first-order valence-electron chi connectivity index (χ1n) is 5.60. The van der Waals surface area contributed by atoms with Gasteiger partial charge < -0.3 is 11.1 Å². The number of amides is 1. The van der Waals surface area contributed by atoms with Gasteiger partial charge in [0.05, 0.1) is 0 Å². The quantitative estimate of drug-likeness (QED) is 0.814. The van der Waals surface area contributed by atoms with E-state index < -0.39 is 0 Å². The van der Waals surface area contributed by atoms with Crippen LogP contribution in [0.1, 0.15) is 21.2 Å². The van der Waals surface area contributed by atoms with Crippen LogP contribution in [-0.4, -0.2) is 27.2 Å². The number of thiazole rings is 1. The fraction of sp³-hybridized carbons (Fsp3) is 0.364. The number of aromatic nitrogens is 3. The van der Waals surface area contributed by atoms with Gasteiger partial charge in [-0.2, -0.15) is 5.10 Å². The lowest BCUT2D eigenvalue weighted by molar-refractivity contribution is 0.0949. The number of rotatable bonds is 5. The first-order chi connectivity index (χ1) is 8.70. The van der Waals surface area contributed by atoms with E-state index in [1.54, 1.807) is 16.3 Å². The van der Waals surface area contributed by atoms with Gasteiger partial charge in [-0.25, -0.2) is 4.98 Å². The van der Waals surface area contributed by atoms with Crippen molar-refractivity contribution in [3.8, 4) is 0 Å². The van der Waals surface area contributed by atoms with Crippen LogP contribution in [0.4, 0.5) is 0 Å². The minimum absolute atomic E-state index is 0.159. The molecule has 0 aliphatic heterocycles. The summed E-state index contributed by atoms with van der Waals surface area (Å²) in [5.74, 6) is -0.159. The summed E-state index contributed by atoms with van der Waals surface area (Å²) in [6.07, 6.45) is 2.49. The summed E-state index contributed by atoms with van der Waals surface area (Å²) in [5.41, 5.74) is 6.97. The average Bonchev–Trinajstić information content (AvgIpc) is 2.98. The van der Waals surface area contributed by atoms with Crippen LogP contribution in [0.3, 0.4) is 0 Å². The number of hydrogen-bond donors (Lipinski definition) is 2. The molecule has 0 radical (unpaired) electrons. The second-order valence-corrected chi connectivity index (χ2v) is 4.73. The van der Waals surface area contributed by atoms with Crippen molar-refractivity contribution in [2.24, 2.45) is 12.8 Å². The Morgan fingerprint density at radius 3 is 3.06 bits per heavy atom. The standard InChI is InChI=1S/C11H15N5OS/c1-16-8(3-5-14-16)2-4-13-11(17)9-7-18-10(6-12)15-9/h3,5,7H,2,4,6,12H2,1H3,(H,13,17). The molecule has 7 heteroatoms. The van der Waals surface area contributed by atoms with Crippen LogP contribution < -0.4 is 11.1 Å². The van der Waals surface area contributed by atoms with Gasteiger partial charge in [0.1, 0.15) is 10.7 Å². The molecule has 18 heavy (non-hydrogen) atoms. The number of hydrogen-bond acceptors (Lipinski definition) is 5. The molecule has 0 bridgehead atoms. The Morgan fingerprint density at radius 1 is 1.61 bits per heavy atom. The fourth-order valence-corrected chi connectivity index (χ4v) is 2.20. The van der Waals surface area contributed by atoms with Gasteiger partial charge in [0.15, 0.2) is 0 Å². The normalized spacial score (nSPS) is 10.6. The van der Waals surface area contributed by atoms with Crippen molar-refractivity contribution in [2.75, 3.05) is 6.54 Å². The largest absolute Gasteiger partial charge is 0.350 e. The summed E-state index contributed by atoms with van der Waals surface area (Å²) in [7, 11) is 1.88. The molecule has 96 valence electrons. The van der Waals surface area contributed by atoms with Gasteiger partial charge >= 0.3 is 0 Å². The van der Waals surface area contributed by atoms with Gasteiger partial charge in [0, 0.05) is 43.8 Å². The first-order valence-corrected chi connectivity index (χ1v) is 6.48. The zero-order chi connectivity index (χ0) is 13.0. The lowest BCUT2D eigenvalue weighted by Crippen LogP contribution is -2.26. The molecule has 2 rings (SSSR count). The van der Waals surface area contributed by atoms with E-state index in [0.717, 1.165) is 17.1 Å². The molecule has 0 atom stereocenters. The van der Waals surface area contributed by atoms with Crippen molar-refractivity contribution in [3.63, 3.8) is 0 Å². The molecule has 0 spiro atoms. The summed E-state index contributed by atoms with van der Waals surface area (Å²) >= 11 is 1.40. The SMILES string of the molecule is Cn1nccc1CCNC(=O)c1csc(CN)n1. The summed E-state index contributed by atoms with van der Waals surface area (Å²) < 4.78 is 1.79. The van der Waals surface area contributed by atoms with Gasteiger partial charge in [-0.1, -0.05) is 0 Å². The van der Waals surface area contributed by atoms with Crippen molar-refractivity contribution in [1.82, 2.24) is 20.1 Å². The van der Waals surface area contributed by atoms with Crippen LogP contribution in [0.2, 0.25) is 0 Å². The van der Waals surface area contributed by atoms with Crippen LogP contribution in [0.5, 0.6) is 0 Å². The lowest BCUT2D eigenvalue weighted by Gasteiger charge is -2.03. The van der Waals surface area contributed by atoms with Crippen LogP contribution in [0.25, 0.3) is 0 Å². The molecule has 0 fully saturated rings. The molecule has 1 amide bonds. The summed E-state index contributed by atoms with van der Waals surface area (Å²) in [6, 6.07) is 1.93. The molecule has 2 heterocycles. The number of nitrogens with zero attached hydrogens (tertiary/aromatic N) is 3. The highest BCUT2D eigenvalue weighted by Gasteiger charge is 2.09. The molecular weight excluding hydrogens is 250 g/mol. The topological polar surface area (TPSA) is 85.8 Å². The third-order valence-corrected chi connectivity index (χ3v) is 3.42. The Bertz CT molecular complexity index is 533. The monoisotopic (exact) mass is 265 g/mol. The van der Waals surface area contributed by atoms with E-state index in [2.05, 4.69) is 15.4 Å². The van der Waals surface area contributed by atoms with E-state index in [1.807, 2.05) is 13.1 Å². The Kier molecular flexibility index (Phi) is 4.06. The Labute approximate surface area is 109 Å². The molecule has 2 aromatic heterocycles. The van der Waals surface area contributed by atoms with Crippen LogP contribution in [-0.2, 0) is 20.0 Å². The van der Waals surface area contributed by atoms with Crippen molar-refractivity contribution in [1.29, 1.82) is 0 Å². The van der Waals surface area contributed by atoms with Crippen molar-refractivity contribution in [2.45, 2.75) is 13.0 Å². The second kappa shape index (κ2) is 5.74. The highest BCUT2D eigenvalue weighted by Crippen LogP contribution is 2.08. The van der Waals surface area contributed by atoms with Gasteiger partial charge in [-0.3, -0.25) is 9.48 Å². The van der Waals surface area contributed by atoms with E-state index in [0.29, 0.717) is 18.8 Å². The molecule has 0 aliphatic carbocycles. The first kappa shape index (κ1) is 12.7.